The fourth-order valence-corrected chi connectivity index (χ4v) is 1.99. The number of aryl methyl sites for hydroxylation is 1. The van der Waals surface area contributed by atoms with Crippen LogP contribution in [0.5, 0.6) is 0 Å². The summed E-state index contributed by atoms with van der Waals surface area (Å²) in [5.41, 5.74) is 3.63. The second kappa shape index (κ2) is 4.53. The first-order valence-electron chi connectivity index (χ1n) is 5.92. The van der Waals surface area contributed by atoms with Crippen molar-refractivity contribution >= 4 is 22.6 Å². The van der Waals surface area contributed by atoms with Gasteiger partial charge in [0.05, 0.1) is 5.69 Å². The fourth-order valence-electron chi connectivity index (χ4n) is 1.99. The van der Waals surface area contributed by atoms with Gasteiger partial charge in [-0.25, -0.2) is 0 Å². The first-order valence-corrected chi connectivity index (χ1v) is 5.92. The van der Waals surface area contributed by atoms with E-state index in [1.807, 2.05) is 37.3 Å². The van der Waals surface area contributed by atoms with Gasteiger partial charge in [-0.05, 0) is 30.7 Å². The van der Waals surface area contributed by atoms with E-state index in [9.17, 15) is 4.79 Å². The van der Waals surface area contributed by atoms with Crippen molar-refractivity contribution in [3.05, 3.63) is 53.6 Å². The molecule has 0 atom stereocenters. The van der Waals surface area contributed by atoms with E-state index in [1.165, 1.54) is 0 Å². The number of H-pyrrole nitrogens is 1. The molecular formula is C14H12N4O. The van der Waals surface area contributed by atoms with Crippen LogP contribution in [-0.2, 0) is 0 Å². The lowest BCUT2D eigenvalue weighted by atomic mass is 10.1. The first-order chi connectivity index (χ1) is 9.25. The van der Waals surface area contributed by atoms with E-state index in [4.69, 9.17) is 0 Å². The molecule has 0 saturated heterocycles. The van der Waals surface area contributed by atoms with Crippen molar-refractivity contribution < 1.29 is 4.79 Å². The maximum atomic E-state index is 12.2. The largest absolute Gasteiger partial charge is 0.320 e. The summed E-state index contributed by atoms with van der Waals surface area (Å²) in [6.45, 7) is 1.91. The van der Waals surface area contributed by atoms with Gasteiger partial charge in [0, 0.05) is 5.56 Å². The monoisotopic (exact) mass is 252 g/mol. The van der Waals surface area contributed by atoms with Gasteiger partial charge in [0.15, 0.2) is 0 Å². The molecule has 1 heterocycles. The lowest BCUT2D eigenvalue weighted by Gasteiger charge is -2.07. The minimum atomic E-state index is -0.145. The van der Waals surface area contributed by atoms with Gasteiger partial charge in [-0.3, -0.25) is 4.79 Å². The molecule has 0 aliphatic rings. The molecule has 0 bridgehead atoms. The van der Waals surface area contributed by atoms with E-state index < -0.39 is 0 Å². The molecule has 1 aromatic heterocycles. The summed E-state index contributed by atoms with van der Waals surface area (Å²) in [6, 6.07) is 12.9. The van der Waals surface area contributed by atoms with Crippen LogP contribution < -0.4 is 5.32 Å². The number of carbonyl (C=O) groups excluding carboxylic acids is 1. The van der Waals surface area contributed by atoms with Crippen LogP contribution >= 0.6 is 0 Å². The zero-order valence-electron chi connectivity index (χ0n) is 10.3. The molecule has 94 valence electrons. The molecule has 0 aliphatic heterocycles. The van der Waals surface area contributed by atoms with E-state index in [2.05, 4.69) is 20.7 Å². The van der Waals surface area contributed by atoms with Gasteiger partial charge in [-0.2, -0.15) is 15.4 Å². The first kappa shape index (κ1) is 11.4. The van der Waals surface area contributed by atoms with Crippen molar-refractivity contribution in [3.63, 3.8) is 0 Å². The lowest BCUT2D eigenvalue weighted by molar-refractivity contribution is 0.102. The smallest absolute Gasteiger partial charge is 0.255 e. The SMILES string of the molecule is Cc1ccccc1C(=O)Nc1cccc2n[nH]nc12. The van der Waals surface area contributed by atoms with Crippen LogP contribution in [0.25, 0.3) is 11.0 Å². The number of hydrogen-bond donors (Lipinski definition) is 2. The van der Waals surface area contributed by atoms with Gasteiger partial charge in [-0.1, -0.05) is 24.3 Å². The highest BCUT2D eigenvalue weighted by atomic mass is 16.1. The Hall–Kier alpha value is -2.69. The van der Waals surface area contributed by atoms with Crippen LogP contribution in [0, 0.1) is 6.92 Å². The third kappa shape index (κ3) is 2.06. The summed E-state index contributed by atoms with van der Waals surface area (Å²) in [7, 11) is 0. The summed E-state index contributed by atoms with van der Waals surface area (Å²) < 4.78 is 0. The number of nitrogens with one attached hydrogen (secondary N) is 2. The molecule has 5 nitrogen and oxygen atoms in total. The Labute approximate surface area is 109 Å². The Morgan fingerprint density at radius 2 is 1.95 bits per heavy atom. The van der Waals surface area contributed by atoms with Gasteiger partial charge in [0.25, 0.3) is 5.91 Å². The molecule has 0 radical (unpaired) electrons. The maximum Gasteiger partial charge on any atom is 0.255 e. The molecule has 2 N–H and O–H groups in total. The van der Waals surface area contributed by atoms with Crippen molar-refractivity contribution in [1.82, 2.24) is 15.4 Å². The average molecular weight is 252 g/mol. The number of para-hydroxylation sites is 1. The minimum absolute atomic E-state index is 0.145. The highest BCUT2D eigenvalue weighted by Crippen LogP contribution is 2.20. The van der Waals surface area contributed by atoms with Crippen molar-refractivity contribution in [1.29, 1.82) is 0 Å². The van der Waals surface area contributed by atoms with Crippen LogP contribution in [0.2, 0.25) is 0 Å². The molecule has 0 unspecified atom stereocenters. The van der Waals surface area contributed by atoms with Crippen molar-refractivity contribution in [3.8, 4) is 0 Å². The molecule has 2 aromatic carbocycles. The Bertz CT molecular complexity index is 748. The third-order valence-electron chi connectivity index (χ3n) is 2.98. The van der Waals surface area contributed by atoms with Gasteiger partial charge < -0.3 is 5.32 Å². The normalized spacial score (nSPS) is 10.6. The number of rotatable bonds is 2. The summed E-state index contributed by atoms with van der Waals surface area (Å²) in [6.07, 6.45) is 0. The number of amides is 1. The van der Waals surface area contributed by atoms with Crippen molar-refractivity contribution in [2.75, 3.05) is 5.32 Å². The van der Waals surface area contributed by atoms with Crippen LogP contribution in [-0.4, -0.2) is 21.3 Å². The van der Waals surface area contributed by atoms with E-state index in [0.29, 0.717) is 16.8 Å². The Morgan fingerprint density at radius 1 is 1.11 bits per heavy atom. The molecule has 3 aromatic rings. The number of hydrogen-bond acceptors (Lipinski definition) is 3. The second-order valence-corrected chi connectivity index (χ2v) is 4.27. The number of carbonyl (C=O) groups is 1. The molecule has 19 heavy (non-hydrogen) atoms. The molecule has 0 saturated carbocycles. The molecule has 0 fully saturated rings. The summed E-state index contributed by atoms with van der Waals surface area (Å²) in [5, 5.41) is 13.4. The number of aromatic amines is 1. The maximum absolute atomic E-state index is 12.2. The van der Waals surface area contributed by atoms with Gasteiger partial charge in [0.1, 0.15) is 11.0 Å². The predicted molar refractivity (Wildman–Crippen MR) is 73.0 cm³/mol. The number of benzene rings is 2. The quantitative estimate of drug-likeness (QED) is 0.736. The molecule has 0 aliphatic carbocycles. The minimum Gasteiger partial charge on any atom is -0.320 e. The van der Waals surface area contributed by atoms with Crippen LogP contribution in [0.4, 0.5) is 5.69 Å². The highest BCUT2D eigenvalue weighted by molar-refractivity contribution is 6.08. The number of nitrogens with zero attached hydrogens (tertiary/aromatic N) is 2. The molecule has 5 heteroatoms. The third-order valence-corrected chi connectivity index (χ3v) is 2.98. The highest BCUT2D eigenvalue weighted by Gasteiger charge is 2.11. The van der Waals surface area contributed by atoms with E-state index in [0.717, 1.165) is 11.1 Å². The lowest BCUT2D eigenvalue weighted by Crippen LogP contribution is -2.13. The van der Waals surface area contributed by atoms with Crippen LogP contribution in [0.3, 0.4) is 0 Å². The Morgan fingerprint density at radius 3 is 2.79 bits per heavy atom. The molecule has 1 amide bonds. The second-order valence-electron chi connectivity index (χ2n) is 4.27. The van der Waals surface area contributed by atoms with Crippen LogP contribution in [0.15, 0.2) is 42.5 Å². The molecule has 0 spiro atoms. The van der Waals surface area contributed by atoms with Crippen molar-refractivity contribution in [2.24, 2.45) is 0 Å². The fraction of sp³-hybridized carbons (Fsp3) is 0.0714. The zero-order valence-corrected chi connectivity index (χ0v) is 10.3. The molecule has 3 rings (SSSR count). The van der Waals surface area contributed by atoms with Gasteiger partial charge in [-0.15, -0.1) is 0 Å². The topological polar surface area (TPSA) is 70.7 Å². The number of anilines is 1. The van der Waals surface area contributed by atoms with Gasteiger partial charge in [0.2, 0.25) is 0 Å². The van der Waals surface area contributed by atoms with E-state index in [-0.39, 0.29) is 5.91 Å². The predicted octanol–water partition coefficient (Wildman–Crippen LogP) is 2.52. The van der Waals surface area contributed by atoms with Gasteiger partial charge >= 0.3 is 0 Å². The number of aromatic nitrogens is 3. The summed E-state index contributed by atoms with van der Waals surface area (Å²) in [5.74, 6) is -0.145. The van der Waals surface area contributed by atoms with E-state index >= 15 is 0 Å². The van der Waals surface area contributed by atoms with Crippen molar-refractivity contribution in [2.45, 2.75) is 6.92 Å². The Kier molecular flexibility index (Phi) is 2.72. The molecular weight excluding hydrogens is 240 g/mol. The zero-order chi connectivity index (χ0) is 13.2. The average Bonchev–Trinajstić information content (AvgIpc) is 2.88. The van der Waals surface area contributed by atoms with E-state index in [1.54, 1.807) is 12.1 Å². The standard InChI is InChI=1S/C14H12N4O/c1-9-5-2-3-6-10(9)14(19)15-11-7-4-8-12-13(11)17-18-16-12/h2-8H,1H3,(H,15,19)(H,16,17,18). The summed E-state index contributed by atoms with van der Waals surface area (Å²) >= 11 is 0. The Balaban J connectivity index is 1.95. The summed E-state index contributed by atoms with van der Waals surface area (Å²) in [4.78, 5) is 12.2. The van der Waals surface area contributed by atoms with Crippen LogP contribution in [0.1, 0.15) is 15.9 Å². The number of fused-ring (bicyclic) bond motifs is 1.